The van der Waals surface area contributed by atoms with Crippen molar-refractivity contribution in [3.05, 3.63) is 30.1 Å². The van der Waals surface area contributed by atoms with Gasteiger partial charge < -0.3 is 10.0 Å². The molecule has 2 unspecified atom stereocenters. The highest BCUT2D eigenvalue weighted by Crippen LogP contribution is 2.21. The number of amides is 1. The first-order valence-electron chi connectivity index (χ1n) is 5.92. The van der Waals surface area contributed by atoms with Crippen molar-refractivity contribution in [2.75, 3.05) is 6.54 Å². The van der Waals surface area contributed by atoms with Crippen LogP contribution in [0.1, 0.15) is 32.4 Å². The number of carbonyl (C=O) groups excluding carboxylic acids is 1. The minimum Gasteiger partial charge on any atom is -0.481 e. The summed E-state index contributed by atoms with van der Waals surface area (Å²) in [6.45, 7) is 5.57. The van der Waals surface area contributed by atoms with E-state index in [1.54, 1.807) is 23.4 Å². The molecule has 1 rings (SSSR count). The molecule has 5 heteroatoms. The number of carboxylic acid groups (broad SMARTS) is 1. The molecule has 0 fully saturated rings. The Hall–Kier alpha value is -1.91. The topological polar surface area (TPSA) is 70.5 Å². The van der Waals surface area contributed by atoms with E-state index in [4.69, 9.17) is 5.11 Å². The average molecular weight is 250 g/mol. The lowest BCUT2D eigenvalue weighted by Gasteiger charge is -2.29. The first-order chi connectivity index (χ1) is 8.49. The fourth-order valence-electron chi connectivity index (χ4n) is 1.78. The number of carbonyl (C=O) groups is 2. The molecule has 0 spiro atoms. The maximum Gasteiger partial charge on any atom is 0.315 e. The van der Waals surface area contributed by atoms with Crippen LogP contribution in [0.3, 0.4) is 0 Å². The van der Waals surface area contributed by atoms with E-state index < -0.39 is 11.9 Å². The Bertz CT molecular complexity index is 420. The summed E-state index contributed by atoms with van der Waals surface area (Å²) < 4.78 is 0. The van der Waals surface area contributed by atoms with E-state index in [1.807, 2.05) is 19.9 Å². The highest BCUT2D eigenvalue weighted by molar-refractivity contribution is 5.96. The molecule has 1 heterocycles. The standard InChI is InChI=1S/C13H18N2O3/c1-4-15(12(16)9(2)13(17)18)10(3)11-6-5-7-14-8-11/h5-10H,4H2,1-3H3,(H,17,18). The molecule has 0 aliphatic carbocycles. The van der Waals surface area contributed by atoms with E-state index in [0.717, 1.165) is 5.56 Å². The monoisotopic (exact) mass is 250 g/mol. The Morgan fingerprint density at radius 3 is 2.56 bits per heavy atom. The van der Waals surface area contributed by atoms with E-state index in [-0.39, 0.29) is 11.9 Å². The molecule has 0 aliphatic heterocycles. The largest absolute Gasteiger partial charge is 0.481 e. The van der Waals surface area contributed by atoms with E-state index in [2.05, 4.69) is 4.98 Å². The Balaban J connectivity index is 2.90. The molecule has 0 saturated heterocycles. The molecule has 0 bridgehead atoms. The fourth-order valence-corrected chi connectivity index (χ4v) is 1.78. The smallest absolute Gasteiger partial charge is 0.315 e. The number of aromatic nitrogens is 1. The summed E-state index contributed by atoms with van der Waals surface area (Å²) in [5.41, 5.74) is 0.894. The molecule has 1 aromatic heterocycles. The minimum absolute atomic E-state index is 0.182. The summed E-state index contributed by atoms with van der Waals surface area (Å²) in [6.07, 6.45) is 3.35. The fraction of sp³-hybridized carbons (Fsp3) is 0.462. The van der Waals surface area contributed by atoms with Crippen LogP contribution < -0.4 is 0 Å². The molecule has 5 nitrogen and oxygen atoms in total. The van der Waals surface area contributed by atoms with Gasteiger partial charge in [0.05, 0.1) is 6.04 Å². The lowest BCUT2D eigenvalue weighted by Crippen LogP contribution is -2.39. The lowest BCUT2D eigenvalue weighted by molar-refractivity contribution is -0.151. The summed E-state index contributed by atoms with van der Waals surface area (Å²) in [5, 5.41) is 8.89. The van der Waals surface area contributed by atoms with Crippen molar-refractivity contribution in [3.8, 4) is 0 Å². The van der Waals surface area contributed by atoms with Crippen LogP contribution in [-0.4, -0.2) is 33.4 Å². The van der Waals surface area contributed by atoms with Gasteiger partial charge in [0.15, 0.2) is 0 Å². The van der Waals surface area contributed by atoms with Gasteiger partial charge in [0.1, 0.15) is 5.92 Å². The highest BCUT2D eigenvalue weighted by Gasteiger charge is 2.28. The van der Waals surface area contributed by atoms with Gasteiger partial charge in [-0.2, -0.15) is 0 Å². The van der Waals surface area contributed by atoms with Gasteiger partial charge in [-0.3, -0.25) is 14.6 Å². The van der Waals surface area contributed by atoms with Crippen LogP contribution in [0.2, 0.25) is 0 Å². The van der Waals surface area contributed by atoms with Crippen molar-refractivity contribution in [1.29, 1.82) is 0 Å². The van der Waals surface area contributed by atoms with Gasteiger partial charge in [0.25, 0.3) is 0 Å². The van der Waals surface area contributed by atoms with Crippen molar-refractivity contribution in [2.24, 2.45) is 5.92 Å². The van der Waals surface area contributed by atoms with E-state index >= 15 is 0 Å². The highest BCUT2D eigenvalue weighted by atomic mass is 16.4. The van der Waals surface area contributed by atoms with E-state index in [9.17, 15) is 9.59 Å². The zero-order valence-corrected chi connectivity index (χ0v) is 10.8. The van der Waals surface area contributed by atoms with Gasteiger partial charge in [-0.05, 0) is 32.4 Å². The Morgan fingerprint density at radius 2 is 2.11 bits per heavy atom. The molecule has 0 aromatic carbocycles. The van der Waals surface area contributed by atoms with Crippen LogP contribution in [0.15, 0.2) is 24.5 Å². The van der Waals surface area contributed by atoms with Crippen LogP contribution in [0.25, 0.3) is 0 Å². The van der Waals surface area contributed by atoms with Gasteiger partial charge in [0, 0.05) is 18.9 Å². The number of carboxylic acids is 1. The van der Waals surface area contributed by atoms with Crippen molar-refractivity contribution in [1.82, 2.24) is 9.88 Å². The zero-order chi connectivity index (χ0) is 13.7. The first-order valence-corrected chi connectivity index (χ1v) is 5.92. The molecule has 0 aliphatic rings. The summed E-state index contributed by atoms with van der Waals surface area (Å²) in [7, 11) is 0. The molecular weight excluding hydrogens is 232 g/mol. The maximum absolute atomic E-state index is 12.1. The maximum atomic E-state index is 12.1. The van der Waals surface area contributed by atoms with Gasteiger partial charge in [-0.1, -0.05) is 6.07 Å². The third kappa shape index (κ3) is 3.06. The average Bonchev–Trinajstić information content (AvgIpc) is 2.39. The van der Waals surface area contributed by atoms with E-state index in [0.29, 0.717) is 6.54 Å². The Morgan fingerprint density at radius 1 is 1.44 bits per heavy atom. The van der Waals surface area contributed by atoms with Crippen molar-refractivity contribution in [2.45, 2.75) is 26.8 Å². The SMILES string of the molecule is CCN(C(=O)C(C)C(=O)O)C(C)c1cccnc1. The van der Waals surface area contributed by atoms with Gasteiger partial charge in [0.2, 0.25) is 5.91 Å². The lowest BCUT2D eigenvalue weighted by atomic mass is 10.1. The van der Waals surface area contributed by atoms with Gasteiger partial charge in [-0.15, -0.1) is 0 Å². The van der Waals surface area contributed by atoms with Crippen LogP contribution in [-0.2, 0) is 9.59 Å². The molecule has 1 aromatic rings. The number of hydrogen-bond donors (Lipinski definition) is 1. The number of aliphatic carboxylic acids is 1. The molecule has 0 radical (unpaired) electrons. The molecule has 0 saturated carbocycles. The summed E-state index contributed by atoms with van der Waals surface area (Å²) in [5.74, 6) is -2.50. The number of nitrogens with zero attached hydrogens (tertiary/aromatic N) is 2. The van der Waals surface area contributed by atoms with Crippen molar-refractivity contribution >= 4 is 11.9 Å². The summed E-state index contributed by atoms with van der Waals surface area (Å²) in [4.78, 5) is 28.5. The molecule has 2 atom stereocenters. The summed E-state index contributed by atoms with van der Waals surface area (Å²) >= 11 is 0. The summed E-state index contributed by atoms with van der Waals surface area (Å²) in [6, 6.07) is 3.49. The number of rotatable bonds is 5. The second-order valence-corrected chi connectivity index (χ2v) is 4.15. The minimum atomic E-state index is -1.10. The third-order valence-electron chi connectivity index (χ3n) is 3.00. The Kier molecular flexibility index (Phi) is 4.83. The van der Waals surface area contributed by atoms with E-state index in [1.165, 1.54) is 6.92 Å². The van der Waals surface area contributed by atoms with Crippen LogP contribution in [0.5, 0.6) is 0 Å². The van der Waals surface area contributed by atoms with Gasteiger partial charge >= 0.3 is 5.97 Å². The molecular formula is C13H18N2O3. The molecule has 1 amide bonds. The zero-order valence-electron chi connectivity index (χ0n) is 10.8. The Labute approximate surface area is 106 Å². The second-order valence-electron chi connectivity index (χ2n) is 4.15. The third-order valence-corrected chi connectivity index (χ3v) is 3.00. The van der Waals surface area contributed by atoms with Crippen LogP contribution >= 0.6 is 0 Å². The predicted octanol–water partition coefficient (Wildman–Crippen LogP) is 1.71. The second kappa shape index (κ2) is 6.14. The molecule has 1 N–H and O–H groups in total. The quantitative estimate of drug-likeness (QED) is 0.808. The predicted molar refractivity (Wildman–Crippen MR) is 66.8 cm³/mol. The normalized spacial score (nSPS) is 13.7. The first kappa shape index (κ1) is 14.2. The van der Waals surface area contributed by atoms with Crippen LogP contribution in [0, 0.1) is 5.92 Å². The number of hydrogen-bond acceptors (Lipinski definition) is 3. The van der Waals surface area contributed by atoms with Crippen LogP contribution in [0.4, 0.5) is 0 Å². The number of pyridine rings is 1. The molecule has 18 heavy (non-hydrogen) atoms. The van der Waals surface area contributed by atoms with Crippen molar-refractivity contribution < 1.29 is 14.7 Å². The van der Waals surface area contributed by atoms with Gasteiger partial charge in [-0.25, -0.2) is 0 Å². The van der Waals surface area contributed by atoms with Crippen molar-refractivity contribution in [3.63, 3.8) is 0 Å². The molecule has 98 valence electrons.